The van der Waals surface area contributed by atoms with Crippen molar-refractivity contribution in [3.05, 3.63) is 97.8 Å². The molecule has 1 aliphatic rings. The van der Waals surface area contributed by atoms with Crippen LogP contribution in [0, 0.1) is 11.6 Å². The number of carbonyl (C=O) groups is 3. The van der Waals surface area contributed by atoms with E-state index in [1.165, 1.54) is 6.08 Å². The second-order valence-corrected chi connectivity index (χ2v) is 9.82. The fourth-order valence-corrected chi connectivity index (χ4v) is 4.63. The van der Waals surface area contributed by atoms with Crippen LogP contribution in [0.15, 0.2) is 70.0 Å². The van der Waals surface area contributed by atoms with Gasteiger partial charge in [-0.25, -0.2) is 8.78 Å². The molecule has 0 aromatic heterocycles. The number of imide groups is 1. The number of ether oxygens (including phenoxy) is 1. The number of nitrogens with zero attached hydrogens (tertiary/aromatic N) is 1. The third kappa shape index (κ3) is 6.13. The summed E-state index contributed by atoms with van der Waals surface area (Å²) in [7, 11) is 0. The highest BCUT2D eigenvalue weighted by molar-refractivity contribution is 9.10. The van der Waals surface area contributed by atoms with E-state index in [1.54, 1.807) is 24.3 Å². The van der Waals surface area contributed by atoms with Crippen molar-refractivity contribution in [1.82, 2.24) is 4.90 Å². The molecular weight excluding hydrogens is 578 g/mol. The number of carbonyl (C=O) groups excluding carboxylic acids is 3. The highest BCUT2D eigenvalue weighted by atomic mass is 79.9. The topological polar surface area (TPSA) is 75.7 Å². The summed E-state index contributed by atoms with van der Waals surface area (Å²) in [6, 6.07) is 15.1. The predicted molar refractivity (Wildman–Crippen MR) is 138 cm³/mol. The molecule has 0 atom stereocenters. The molecule has 6 nitrogen and oxygen atoms in total. The van der Waals surface area contributed by atoms with Gasteiger partial charge in [-0.2, -0.15) is 0 Å². The molecule has 3 aromatic carbocycles. The Labute approximate surface area is 222 Å². The van der Waals surface area contributed by atoms with E-state index in [4.69, 9.17) is 16.3 Å². The number of rotatable bonds is 7. The molecule has 1 fully saturated rings. The third-order valence-electron chi connectivity index (χ3n) is 4.98. The van der Waals surface area contributed by atoms with Gasteiger partial charge in [0.05, 0.1) is 10.6 Å². The molecule has 1 saturated heterocycles. The van der Waals surface area contributed by atoms with Crippen molar-refractivity contribution in [3.63, 3.8) is 0 Å². The van der Waals surface area contributed by atoms with E-state index in [0.717, 1.165) is 27.1 Å². The minimum atomic E-state index is -0.976. The summed E-state index contributed by atoms with van der Waals surface area (Å²) in [5, 5.41) is 2.13. The van der Waals surface area contributed by atoms with E-state index in [9.17, 15) is 23.2 Å². The zero-order valence-corrected chi connectivity index (χ0v) is 21.4. The van der Waals surface area contributed by atoms with Crippen LogP contribution in [0.5, 0.6) is 5.75 Å². The zero-order valence-electron chi connectivity index (χ0n) is 18.3. The summed E-state index contributed by atoms with van der Waals surface area (Å²) in [6.45, 7) is -0.448. The van der Waals surface area contributed by atoms with E-state index in [1.807, 2.05) is 18.2 Å². The van der Waals surface area contributed by atoms with Crippen molar-refractivity contribution in [2.24, 2.45) is 0 Å². The molecule has 0 radical (unpaired) electrons. The minimum Gasteiger partial charge on any atom is -0.488 e. The van der Waals surface area contributed by atoms with E-state index in [0.29, 0.717) is 34.2 Å². The zero-order chi connectivity index (χ0) is 25.8. The first kappa shape index (κ1) is 25.9. The Morgan fingerprint density at radius 2 is 1.89 bits per heavy atom. The lowest BCUT2D eigenvalue weighted by atomic mass is 10.1. The number of hydrogen-bond acceptors (Lipinski definition) is 5. The predicted octanol–water partition coefficient (Wildman–Crippen LogP) is 6.63. The van der Waals surface area contributed by atoms with Gasteiger partial charge in [-0.3, -0.25) is 19.3 Å². The lowest BCUT2D eigenvalue weighted by molar-refractivity contribution is -0.127. The number of amides is 3. The maximum atomic E-state index is 13.8. The molecule has 1 N–H and O–H groups in total. The van der Waals surface area contributed by atoms with Crippen molar-refractivity contribution in [2.45, 2.75) is 6.61 Å². The number of thioether (sulfide) groups is 1. The molecule has 0 saturated carbocycles. The van der Waals surface area contributed by atoms with Gasteiger partial charge in [-0.1, -0.05) is 45.7 Å². The molecular formula is C25H16BrClF2N2O4S. The average molecular weight is 594 g/mol. The average Bonchev–Trinajstić information content (AvgIpc) is 3.08. The van der Waals surface area contributed by atoms with Crippen LogP contribution in [-0.2, 0) is 16.2 Å². The number of nitrogens with one attached hydrogen (secondary N) is 1. The van der Waals surface area contributed by atoms with Gasteiger partial charge in [-0.05, 0) is 54.2 Å². The minimum absolute atomic E-state index is 0.0847. The SMILES string of the molecule is O=C(CN1C(=O)S/C(=C/c2cc(Br)ccc2OCc2ccccc2Cl)C1=O)Nc1ccc(F)cc1F. The van der Waals surface area contributed by atoms with Crippen LogP contribution in [0.1, 0.15) is 11.1 Å². The van der Waals surface area contributed by atoms with Gasteiger partial charge in [-0.15, -0.1) is 0 Å². The molecule has 3 amide bonds. The first-order valence-corrected chi connectivity index (χ1v) is 12.4. The van der Waals surface area contributed by atoms with Gasteiger partial charge in [0.1, 0.15) is 30.5 Å². The van der Waals surface area contributed by atoms with Gasteiger partial charge in [0.2, 0.25) is 5.91 Å². The van der Waals surface area contributed by atoms with E-state index in [-0.39, 0.29) is 17.2 Å². The van der Waals surface area contributed by atoms with Gasteiger partial charge >= 0.3 is 0 Å². The van der Waals surface area contributed by atoms with Gasteiger partial charge < -0.3 is 10.1 Å². The molecule has 1 aliphatic heterocycles. The van der Waals surface area contributed by atoms with Crippen LogP contribution in [0.3, 0.4) is 0 Å². The molecule has 0 unspecified atom stereocenters. The number of anilines is 1. The maximum Gasteiger partial charge on any atom is 0.294 e. The van der Waals surface area contributed by atoms with Crippen molar-refractivity contribution in [1.29, 1.82) is 0 Å². The quantitative estimate of drug-likeness (QED) is 0.311. The fourth-order valence-electron chi connectivity index (χ4n) is 3.24. The van der Waals surface area contributed by atoms with Gasteiger partial charge in [0.25, 0.3) is 11.1 Å². The first-order chi connectivity index (χ1) is 17.2. The van der Waals surface area contributed by atoms with Crippen molar-refractivity contribution < 1.29 is 27.9 Å². The summed E-state index contributed by atoms with van der Waals surface area (Å²) >= 11 is 10.2. The van der Waals surface area contributed by atoms with Gasteiger partial charge in [0.15, 0.2) is 0 Å². The number of halogens is 4. The molecule has 1 heterocycles. The maximum absolute atomic E-state index is 13.8. The monoisotopic (exact) mass is 592 g/mol. The standard InChI is InChI=1S/C25H16BrClF2N2O4S/c26-16-5-8-21(35-13-14-3-1-2-4-18(14)27)15(9-16)10-22-24(33)31(25(34)36-22)12-23(32)30-20-7-6-17(28)11-19(20)29/h1-11H,12-13H2,(H,30,32)/b22-10+. The van der Waals surface area contributed by atoms with Crippen molar-refractivity contribution in [3.8, 4) is 5.75 Å². The highest BCUT2D eigenvalue weighted by Gasteiger charge is 2.36. The second-order valence-electron chi connectivity index (χ2n) is 7.50. The molecule has 184 valence electrons. The number of benzene rings is 3. The molecule has 0 spiro atoms. The highest BCUT2D eigenvalue weighted by Crippen LogP contribution is 2.35. The fraction of sp³-hybridized carbons (Fsp3) is 0.0800. The second kappa shape index (κ2) is 11.2. The Bertz CT molecular complexity index is 1400. The van der Waals surface area contributed by atoms with Crippen LogP contribution in [0.2, 0.25) is 5.02 Å². The smallest absolute Gasteiger partial charge is 0.294 e. The molecule has 11 heteroatoms. The van der Waals surface area contributed by atoms with Crippen LogP contribution < -0.4 is 10.1 Å². The Hall–Kier alpha value is -3.21. The van der Waals surface area contributed by atoms with Crippen LogP contribution in [0.25, 0.3) is 6.08 Å². The van der Waals surface area contributed by atoms with Crippen LogP contribution in [-0.4, -0.2) is 28.5 Å². The molecule has 0 aliphatic carbocycles. The van der Waals surface area contributed by atoms with E-state index in [2.05, 4.69) is 21.2 Å². The van der Waals surface area contributed by atoms with Crippen molar-refractivity contribution in [2.75, 3.05) is 11.9 Å². The van der Waals surface area contributed by atoms with Crippen molar-refractivity contribution >= 4 is 68.1 Å². The summed E-state index contributed by atoms with van der Waals surface area (Å²) in [5.41, 5.74) is 1.04. The Kier molecular flexibility index (Phi) is 8.07. The molecule has 0 bridgehead atoms. The van der Waals surface area contributed by atoms with E-state index < -0.39 is 35.2 Å². The number of hydrogen-bond donors (Lipinski definition) is 1. The Morgan fingerprint density at radius 1 is 1.11 bits per heavy atom. The third-order valence-corrected chi connectivity index (χ3v) is 6.75. The molecule has 3 aromatic rings. The summed E-state index contributed by atoms with van der Waals surface area (Å²) in [5.74, 6) is -2.82. The lowest BCUT2D eigenvalue weighted by Gasteiger charge is -2.13. The Morgan fingerprint density at radius 3 is 2.64 bits per heavy atom. The molecule has 36 heavy (non-hydrogen) atoms. The first-order valence-electron chi connectivity index (χ1n) is 10.4. The van der Waals surface area contributed by atoms with Crippen LogP contribution >= 0.6 is 39.3 Å². The van der Waals surface area contributed by atoms with Crippen LogP contribution in [0.4, 0.5) is 19.3 Å². The lowest BCUT2D eigenvalue weighted by Crippen LogP contribution is -2.36. The summed E-state index contributed by atoms with van der Waals surface area (Å²) in [6.07, 6.45) is 1.50. The van der Waals surface area contributed by atoms with Gasteiger partial charge in [0, 0.05) is 26.7 Å². The summed E-state index contributed by atoms with van der Waals surface area (Å²) in [4.78, 5) is 38.5. The largest absolute Gasteiger partial charge is 0.488 e. The Balaban J connectivity index is 1.49. The summed E-state index contributed by atoms with van der Waals surface area (Å²) < 4.78 is 33.5. The molecule has 4 rings (SSSR count). The van der Waals surface area contributed by atoms with E-state index >= 15 is 0 Å². The normalized spacial score (nSPS) is 14.4.